The van der Waals surface area contributed by atoms with Crippen molar-refractivity contribution >= 4 is 55.4 Å². The minimum Gasteiger partial charge on any atom is -0.457 e. The van der Waals surface area contributed by atoms with Gasteiger partial charge >= 0.3 is 0 Å². The molecule has 11 heteroatoms. The summed E-state index contributed by atoms with van der Waals surface area (Å²) in [7, 11) is -2.35. The lowest BCUT2D eigenvalue weighted by Gasteiger charge is -2.11. The quantitative estimate of drug-likeness (QED) is 0.182. The van der Waals surface area contributed by atoms with E-state index in [4.69, 9.17) is 44.8 Å². The monoisotopic (exact) mass is 576 g/mol. The fraction of sp³-hybridized carbons (Fsp3) is 0.192. The lowest BCUT2D eigenvalue weighted by molar-refractivity contribution is 0.485. The standard InChI is InChI=1S/C15H8Cl2FNO.C11H12ClN3OS/c16-9-7-12(17)15-13(8-9)19-6-5-14(15)20-11-3-1-10(18)2-4-11;12-11-4-3-9(7-14-11)6-10-2-1-5-17(10,16)15-8-13/h1-8H;3-4,7,10H,1-2,5-6H2. The molecule has 0 spiro atoms. The van der Waals surface area contributed by atoms with Crippen LogP contribution in [0.4, 0.5) is 4.39 Å². The zero-order chi connectivity index (χ0) is 26.4. The zero-order valence-corrected chi connectivity index (χ0v) is 22.4. The topological polar surface area (TPSA) is 88.2 Å². The van der Waals surface area contributed by atoms with Crippen molar-refractivity contribution in [1.82, 2.24) is 9.97 Å². The summed E-state index contributed by atoms with van der Waals surface area (Å²) in [5.74, 6) is 1.28. The molecule has 4 aromatic rings. The summed E-state index contributed by atoms with van der Waals surface area (Å²) in [6, 6.07) is 14.4. The number of rotatable bonds is 4. The molecule has 37 heavy (non-hydrogen) atoms. The molecule has 3 heterocycles. The van der Waals surface area contributed by atoms with Crippen LogP contribution in [0.25, 0.3) is 10.9 Å². The molecule has 1 aliphatic heterocycles. The van der Waals surface area contributed by atoms with E-state index in [9.17, 15) is 8.60 Å². The normalized spacial score (nSPS) is 18.5. The second-order valence-corrected chi connectivity index (χ2v) is 12.1. The SMILES string of the molecule is Fc1ccc(Oc2ccnc3cc(Cl)cc(Cl)c23)cc1.N#CN=S1(=O)CCCC1Cc1ccc(Cl)nc1. The van der Waals surface area contributed by atoms with Crippen LogP contribution in [0.5, 0.6) is 11.5 Å². The summed E-state index contributed by atoms with van der Waals surface area (Å²) in [5, 5.41) is 10.6. The predicted molar refractivity (Wildman–Crippen MR) is 145 cm³/mol. The molecule has 2 aromatic heterocycles. The second kappa shape index (κ2) is 12.1. The van der Waals surface area contributed by atoms with Crippen molar-refractivity contribution in [2.75, 3.05) is 5.75 Å². The Kier molecular flexibility index (Phi) is 8.83. The van der Waals surface area contributed by atoms with Crippen molar-refractivity contribution in [2.45, 2.75) is 24.5 Å². The van der Waals surface area contributed by atoms with E-state index in [0.29, 0.717) is 49.8 Å². The maximum atomic E-state index is 12.9. The average molecular weight is 578 g/mol. The molecule has 0 saturated carbocycles. The van der Waals surface area contributed by atoms with E-state index in [1.54, 1.807) is 55.0 Å². The van der Waals surface area contributed by atoms with Gasteiger partial charge in [-0.3, -0.25) is 4.98 Å². The molecule has 0 radical (unpaired) electrons. The minimum absolute atomic E-state index is 0.0369. The van der Waals surface area contributed by atoms with Crippen LogP contribution < -0.4 is 4.74 Å². The highest BCUT2D eigenvalue weighted by molar-refractivity contribution is 7.94. The van der Waals surface area contributed by atoms with Gasteiger partial charge in [0.2, 0.25) is 6.19 Å². The van der Waals surface area contributed by atoms with Crippen molar-refractivity contribution in [3.05, 3.63) is 93.6 Å². The van der Waals surface area contributed by atoms with Gasteiger partial charge in [0.25, 0.3) is 0 Å². The van der Waals surface area contributed by atoms with E-state index in [-0.39, 0.29) is 11.1 Å². The number of nitriles is 1. The molecule has 0 bridgehead atoms. The zero-order valence-electron chi connectivity index (χ0n) is 19.3. The van der Waals surface area contributed by atoms with E-state index < -0.39 is 9.73 Å². The molecule has 2 atom stereocenters. The molecule has 190 valence electrons. The van der Waals surface area contributed by atoms with Crippen LogP contribution >= 0.6 is 34.8 Å². The van der Waals surface area contributed by atoms with E-state index in [2.05, 4.69) is 14.3 Å². The van der Waals surface area contributed by atoms with Gasteiger partial charge in [-0.05, 0) is 73.4 Å². The number of aromatic nitrogens is 2. The van der Waals surface area contributed by atoms with Crippen molar-refractivity contribution < 1.29 is 13.3 Å². The van der Waals surface area contributed by atoms with Crippen LogP contribution in [0.2, 0.25) is 15.2 Å². The number of hydrogen-bond donors (Lipinski definition) is 0. The summed E-state index contributed by atoms with van der Waals surface area (Å²) in [6.45, 7) is 0. The van der Waals surface area contributed by atoms with E-state index in [0.717, 1.165) is 18.4 Å². The van der Waals surface area contributed by atoms with Crippen LogP contribution in [-0.4, -0.2) is 25.2 Å². The molecular formula is C26H20Cl3FN4O2S. The molecule has 5 rings (SSSR count). The molecule has 1 saturated heterocycles. The molecule has 1 aliphatic rings. The van der Waals surface area contributed by atoms with Gasteiger partial charge in [-0.25, -0.2) is 13.6 Å². The third kappa shape index (κ3) is 6.88. The largest absolute Gasteiger partial charge is 0.457 e. The number of ether oxygens (including phenoxy) is 1. The molecule has 0 N–H and O–H groups in total. The Morgan fingerprint density at radius 3 is 2.59 bits per heavy atom. The summed E-state index contributed by atoms with van der Waals surface area (Å²) >= 11 is 17.8. The van der Waals surface area contributed by atoms with Gasteiger partial charge in [0, 0.05) is 28.4 Å². The molecular weight excluding hydrogens is 558 g/mol. The van der Waals surface area contributed by atoms with Gasteiger partial charge in [0.05, 0.1) is 25.7 Å². The van der Waals surface area contributed by atoms with Gasteiger partial charge in [0.1, 0.15) is 22.5 Å². The lowest BCUT2D eigenvalue weighted by Crippen LogP contribution is -2.18. The highest BCUT2D eigenvalue weighted by atomic mass is 35.5. The van der Waals surface area contributed by atoms with E-state index in [1.807, 2.05) is 6.07 Å². The highest BCUT2D eigenvalue weighted by Crippen LogP contribution is 2.35. The Morgan fingerprint density at radius 2 is 1.89 bits per heavy atom. The van der Waals surface area contributed by atoms with Crippen LogP contribution in [0.1, 0.15) is 18.4 Å². The Balaban J connectivity index is 0.000000176. The van der Waals surface area contributed by atoms with Gasteiger partial charge in [-0.2, -0.15) is 5.26 Å². The molecule has 6 nitrogen and oxygen atoms in total. The Labute approximate surface area is 229 Å². The Hall–Kier alpha value is -2.96. The minimum atomic E-state index is -2.35. The first-order valence-corrected chi connectivity index (χ1v) is 14.0. The van der Waals surface area contributed by atoms with Crippen molar-refractivity contribution in [1.29, 1.82) is 5.26 Å². The predicted octanol–water partition coefficient (Wildman–Crippen LogP) is 7.86. The Bertz CT molecular complexity index is 1570. The van der Waals surface area contributed by atoms with Crippen LogP contribution in [0.15, 0.2) is 71.4 Å². The van der Waals surface area contributed by atoms with E-state index in [1.165, 1.54) is 12.1 Å². The number of nitrogens with zero attached hydrogens (tertiary/aromatic N) is 4. The molecule has 0 aliphatic carbocycles. The summed E-state index contributed by atoms with van der Waals surface area (Å²) in [6.07, 6.45) is 7.35. The third-order valence-electron chi connectivity index (χ3n) is 5.69. The number of halogens is 4. The molecule has 2 unspecified atom stereocenters. The number of hydrogen-bond acceptors (Lipinski definition) is 6. The molecule has 1 fully saturated rings. The van der Waals surface area contributed by atoms with Gasteiger partial charge in [-0.15, -0.1) is 4.36 Å². The van der Waals surface area contributed by atoms with Gasteiger partial charge in [-0.1, -0.05) is 40.9 Å². The Morgan fingerprint density at radius 1 is 1.11 bits per heavy atom. The number of pyridine rings is 2. The van der Waals surface area contributed by atoms with Crippen molar-refractivity contribution in [3.8, 4) is 17.7 Å². The third-order valence-corrected chi connectivity index (χ3v) is 9.14. The summed E-state index contributed by atoms with van der Waals surface area (Å²) < 4.78 is 34.6. The average Bonchev–Trinajstić information content (AvgIpc) is 3.22. The maximum absolute atomic E-state index is 12.9. The first-order chi connectivity index (χ1) is 17.8. The van der Waals surface area contributed by atoms with Crippen LogP contribution in [0, 0.1) is 17.3 Å². The maximum Gasteiger partial charge on any atom is 0.214 e. The van der Waals surface area contributed by atoms with Crippen molar-refractivity contribution in [3.63, 3.8) is 0 Å². The smallest absolute Gasteiger partial charge is 0.214 e. The number of fused-ring (bicyclic) bond motifs is 1. The summed E-state index contributed by atoms with van der Waals surface area (Å²) in [4.78, 5) is 8.20. The molecule has 0 amide bonds. The summed E-state index contributed by atoms with van der Waals surface area (Å²) in [5.41, 5.74) is 1.63. The molecule has 2 aromatic carbocycles. The highest BCUT2D eigenvalue weighted by Gasteiger charge is 2.29. The second-order valence-electron chi connectivity index (χ2n) is 8.19. The van der Waals surface area contributed by atoms with Gasteiger partial charge in [0.15, 0.2) is 0 Å². The van der Waals surface area contributed by atoms with Crippen LogP contribution in [-0.2, 0) is 16.1 Å². The van der Waals surface area contributed by atoms with Crippen molar-refractivity contribution in [2.24, 2.45) is 4.36 Å². The number of benzene rings is 2. The first kappa shape index (κ1) is 27.1. The van der Waals surface area contributed by atoms with Gasteiger partial charge < -0.3 is 4.74 Å². The van der Waals surface area contributed by atoms with Crippen LogP contribution in [0.3, 0.4) is 0 Å². The fourth-order valence-corrected chi connectivity index (χ4v) is 6.94. The first-order valence-electron chi connectivity index (χ1n) is 11.2. The van der Waals surface area contributed by atoms with E-state index >= 15 is 0 Å². The fourth-order valence-electron chi connectivity index (χ4n) is 3.97. The lowest BCUT2D eigenvalue weighted by atomic mass is 10.1.